The highest BCUT2D eigenvalue weighted by molar-refractivity contribution is 6.00. The van der Waals surface area contributed by atoms with Crippen molar-refractivity contribution in [3.8, 4) is 0 Å². The summed E-state index contributed by atoms with van der Waals surface area (Å²) in [5.41, 5.74) is 0.695. The molecule has 0 spiro atoms. The Hall–Kier alpha value is -1.97. The number of carbonyl (C=O) groups is 1. The molecule has 2 aromatic heterocycles. The van der Waals surface area contributed by atoms with Crippen LogP contribution in [0.15, 0.2) is 30.6 Å². The second kappa shape index (κ2) is 2.82. The lowest BCUT2D eigenvalue weighted by Gasteiger charge is -1.98. The van der Waals surface area contributed by atoms with Crippen LogP contribution in [0.25, 0.3) is 10.9 Å². The number of rotatable bonds is 1. The summed E-state index contributed by atoms with van der Waals surface area (Å²) in [6.45, 7) is 0. The van der Waals surface area contributed by atoms with Crippen LogP contribution in [-0.4, -0.2) is 21.0 Å². The highest BCUT2D eigenvalue weighted by Crippen LogP contribution is 2.13. The Labute approximate surface area is 73.9 Å². The van der Waals surface area contributed by atoms with Crippen molar-refractivity contribution in [2.45, 2.75) is 0 Å². The number of aromatic nitrogens is 2. The van der Waals surface area contributed by atoms with Crippen LogP contribution in [0, 0.1) is 0 Å². The van der Waals surface area contributed by atoms with Crippen LogP contribution in [0.3, 0.4) is 0 Å². The van der Waals surface area contributed by atoms with Crippen molar-refractivity contribution in [1.29, 1.82) is 0 Å². The number of fused-ring (bicyclic) bond motifs is 1. The topological polar surface area (TPSA) is 63.1 Å². The molecule has 0 radical (unpaired) electrons. The predicted octanol–water partition coefficient (Wildman–Crippen LogP) is 1.33. The molecule has 0 aromatic carbocycles. The summed E-state index contributed by atoms with van der Waals surface area (Å²) in [5.74, 6) is -1.03. The Balaban J connectivity index is 2.83. The van der Waals surface area contributed by atoms with Gasteiger partial charge >= 0.3 is 5.97 Å². The van der Waals surface area contributed by atoms with Gasteiger partial charge in [-0.25, -0.2) is 9.78 Å². The first kappa shape index (κ1) is 7.67. The fourth-order valence-corrected chi connectivity index (χ4v) is 1.17. The minimum Gasteiger partial charge on any atom is -0.476 e. The third-order valence-electron chi connectivity index (χ3n) is 1.73. The zero-order valence-corrected chi connectivity index (χ0v) is 6.64. The van der Waals surface area contributed by atoms with Crippen LogP contribution in [-0.2, 0) is 0 Å². The molecule has 2 aromatic rings. The van der Waals surface area contributed by atoms with Gasteiger partial charge in [0.1, 0.15) is 0 Å². The van der Waals surface area contributed by atoms with Crippen LogP contribution >= 0.6 is 0 Å². The van der Waals surface area contributed by atoms with Crippen molar-refractivity contribution in [2.75, 3.05) is 0 Å². The maximum atomic E-state index is 10.7. The Morgan fingerprint density at radius 2 is 2.08 bits per heavy atom. The molecule has 0 aliphatic heterocycles. The molecule has 0 aliphatic carbocycles. The molecule has 4 nitrogen and oxygen atoms in total. The van der Waals surface area contributed by atoms with E-state index in [0.717, 1.165) is 0 Å². The van der Waals surface area contributed by atoms with E-state index in [0.29, 0.717) is 10.9 Å². The van der Waals surface area contributed by atoms with E-state index in [2.05, 4.69) is 9.97 Å². The quantitative estimate of drug-likeness (QED) is 0.708. The Kier molecular flexibility index (Phi) is 1.66. The molecule has 4 heteroatoms. The van der Waals surface area contributed by atoms with E-state index in [1.807, 2.05) is 0 Å². The Morgan fingerprint density at radius 1 is 1.23 bits per heavy atom. The smallest absolute Gasteiger partial charge is 0.355 e. The van der Waals surface area contributed by atoms with Gasteiger partial charge in [0, 0.05) is 17.8 Å². The summed E-state index contributed by atoms with van der Waals surface area (Å²) in [6.07, 6.45) is 3.06. The van der Waals surface area contributed by atoms with E-state index in [4.69, 9.17) is 5.11 Å². The average Bonchev–Trinajstić information content (AvgIpc) is 2.17. The van der Waals surface area contributed by atoms with Gasteiger partial charge in [-0.15, -0.1) is 0 Å². The lowest BCUT2D eigenvalue weighted by Crippen LogP contribution is -2.00. The van der Waals surface area contributed by atoms with Gasteiger partial charge in [0.15, 0.2) is 5.69 Å². The normalized spacial score (nSPS) is 10.2. The Morgan fingerprint density at radius 3 is 2.85 bits per heavy atom. The number of aromatic carboxylic acids is 1. The van der Waals surface area contributed by atoms with Gasteiger partial charge in [-0.3, -0.25) is 4.98 Å². The monoisotopic (exact) mass is 174 g/mol. The number of carboxylic acids is 1. The molecular formula is C9H6N2O2. The van der Waals surface area contributed by atoms with Gasteiger partial charge in [0.25, 0.3) is 0 Å². The van der Waals surface area contributed by atoms with Crippen LogP contribution in [0.4, 0.5) is 0 Å². The molecule has 64 valence electrons. The minimum absolute atomic E-state index is 0.0469. The zero-order valence-electron chi connectivity index (χ0n) is 6.64. The standard InChI is InChI=1S/C9H6N2O2/c12-9(13)8-6-2-1-4-10-7(6)3-5-11-8/h1-5H,(H,12,13). The summed E-state index contributed by atoms with van der Waals surface area (Å²) < 4.78 is 0. The zero-order chi connectivity index (χ0) is 9.26. The maximum Gasteiger partial charge on any atom is 0.355 e. The number of pyridine rings is 2. The summed E-state index contributed by atoms with van der Waals surface area (Å²) in [5, 5.41) is 9.36. The molecule has 2 heterocycles. The van der Waals surface area contributed by atoms with Gasteiger partial charge in [0.05, 0.1) is 5.52 Å². The molecule has 0 aliphatic rings. The second-order valence-electron chi connectivity index (χ2n) is 2.53. The third kappa shape index (κ3) is 1.22. The highest BCUT2D eigenvalue weighted by Gasteiger charge is 2.08. The molecule has 0 atom stereocenters. The summed E-state index contributed by atoms with van der Waals surface area (Å²) in [4.78, 5) is 18.5. The molecule has 1 N–H and O–H groups in total. The summed E-state index contributed by atoms with van der Waals surface area (Å²) in [7, 11) is 0. The van der Waals surface area contributed by atoms with Crippen LogP contribution < -0.4 is 0 Å². The van der Waals surface area contributed by atoms with Crippen LogP contribution in [0.1, 0.15) is 10.5 Å². The SMILES string of the molecule is O=C(O)c1nccc2ncccc12. The van der Waals surface area contributed by atoms with Crippen molar-refractivity contribution in [3.05, 3.63) is 36.3 Å². The van der Waals surface area contributed by atoms with E-state index in [-0.39, 0.29) is 5.69 Å². The van der Waals surface area contributed by atoms with E-state index < -0.39 is 5.97 Å². The molecule has 0 bridgehead atoms. The molecule has 0 saturated carbocycles. The summed E-state index contributed by atoms with van der Waals surface area (Å²) in [6, 6.07) is 5.07. The Bertz CT molecular complexity index is 463. The second-order valence-corrected chi connectivity index (χ2v) is 2.53. The fraction of sp³-hybridized carbons (Fsp3) is 0. The third-order valence-corrected chi connectivity index (χ3v) is 1.73. The van der Waals surface area contributed by atoms with Crippen molar-refractivity contribution in [2.24, 2.45) is 0 Å². The van der Waals surface area contributed by atoms with Gasteiger partial charge < -0.3 is 5.11 Å². The van der Waals surface area contributed by atoms with E-state index in [1.54, 1.807) is 24.4 Å². The first-order valence-electron chi connectivity index (χ1n) is 3.72. The van der Waals surface area contributed by atoms with Crippen molar-refractivity contribution in [1.82, 2.24) is 9.97 Å². The molecular weight excluding hydrogens is 168 g/mol. The van der Waals surface area contributed by atoms with Gasteiger partial charge in [-0.05, 0) is 18.2 Å². The molecule has 0 saturated heterocycles. The highest BCUT2D eigenvalue weighted by atomic mass is 16.4. The fourth-order valence-electron chi connectivity index (χ4n) is 1.17. The van der Waals surface area contributed by atoms with Crippen LogP contribution in [0.5, 0.6) is 0 Å². The molecule has 0 amide bonds. The minimum atomic E-state index is -1.03. The molecule has 2 rings (SSSR count). The van der Waals surface area contributed by atoms with Crippen molar-refractivity contribution < 1.29 is 9.90 Å². The van der Waals surface area contributed by atoms with Crippen molar-refractivity contribution >= 4 is 16.9 Å². The molecule has 13 heavy (non-hydrogen) atoms. The van der Waals surface area contributed by atoms with Gasteiger partial charge in [-0.1, -0.05) is 0 Å². The molecule has 0 unspecified atom stereocenters. The van der Waals surface area contributed by atoms with Gasteiger partial charge in [0.2, 0.25) is 0 Å². The number of hydrogen-bond acceptors (Lipinski definition) is 3. The van der Waals surface area contributed by atoms with E-state index >= 15 is 0 Å². The molecule has 0 fully saturated rings. The maximum absolute atomic E-state index is 10.7. The van der Waals surface area contributed by atoms with E-state index in [1.165, 1.54) is 6.20 Å². The lowest BCUT2D eigenvalue weighted by molar-refractivity contribution is 0.0693. The van der Waals surface area contributed by atoms with Crippen LogP contribution in [0.2, 0.25) is 0 Å². The first-order valence-corrected chi connectivity index (χ1v) is 3.72. The van der Waals surface area contributed by atoms with Gasteiger partial charge in [-0.2, -0.15) is 0 Å². The first-order chi connectivity index (χ1) is 6.29. The predicted molar refractivity (Wildman–Crippen MR) is 46.5 cm³/mol. The number of hydrogen-bond donors (Lipinski definition) is 1. The summed E-state index contributed by atoms with van der Waals surface area (Å²) >= 11 is 0. The van der Waals surface area contributed by atoms with Crippen molar-refractivity contribution in [3.63, 3.8) is 0 Å². The number of carboxylic acid groups (broad SMARTS) is 1. The number of nitrogens with zero attached hydrogens (tertiary/aromatic N) is 2. The largest absolute Gasteiger partial charge is 0.476 e. The van der Waals surface area contributed by atoms with E-state index in [9.17, 15) is 4.79 Å². The average molecular weight is 174 g/mol. The lowest BCUT2D eigenvalue weighted by atomic mass is 10.2.